The van der Waals surface area contributed by atoms with E-state index < -0.39 is 0 Å². The number of nitrogens with zero attached hydrogens (tertiary/aromatic N) is 2. The van der Waals surface area contributed by atoms with Gasteiger partial charge in [-0.05, 0) is 59.8 Å². The fourth-order valence-electron chi connectivity index (χ4n) is 5.64. The van der Waals surface area contributed by atoms with Gasteiger partial charge in [0.05, 0.1) is 0 Å². The third-order valence-electron chi connectivity index (χ3n) is 6.16. The Kier molecular flexibility index (Phi) is 5.06. The molecule has 27 heavy (non-hydrogen) atoms. The molecule has 3 nitrogen and oxygen atoms in total. The molecule has 0 unspecified atom stereocenters. The zero-order chi connectivity index (χ0) is 19.1. The molecule has 2 aliphatic rings. The molecule has 4 heteroatoms. The number of anilines is 1. The van der Waals surface area contributed by atoms with E-state index in [2.05, 4.69) is 66.5 Å². The Morgan fingerprint density at radius 3 is 2.41 bits per heavy atom. The zero-order valence-electron chi connectivity index (χ0n) is 17.2. The highest BCUT2D eigenvalue weighted by molar-refractivity contribution is 7.13. The van der Waals surface area contributed by atoms with E-state index in [1.807, 2.05) is 6.20 Å². The van der Waals surface area contributed by atoms with Crippen molar-refractivity contribution >= 4 is 17.0 Å². The number of rotatable bonds is 3. The molecule has 1 saturated carbocycles. The van der Waals surface area contributed by atoms with Crippen LogP contribution in [0.5, 0.6) is 0 Å². The maximum atomic E-state index is 4.57. The minimum Gasteiger partial charge on any atom is -0.369 e. The molecular formula is C23H33N3S. The lowest BCUT2D eigenvalue weighted by molar-refractivity contribution is 0.0970. The van der Waals surface area contributed by atoms with Gasteiger partial charge in [0.2, 0.25) is 0 Å². The zero-order valence-corrected chi connectivity index (χ0v) is 18.0. The number of thiazole rings is 1. The summed E-state index contributed by atoms with van der Waals surface area (Å²) in [7, 11) is 0. The fourth-order valence-corrected chi connectivity index (χ4v) is 6.28. The van der Waals surface area contributed by atoms with Crippen molar-refractivity contribution in [2.24, 2.45) is 10.8 Å². The molecule has 1 saturated heterocycles. The molecule has 4 rings (SSSR count). The summed E-state index contributed by atoms with van der Waals surface area (Å²) in [5.74, 6) is 0.619. The Morgan fingerprint density at radius 2 is 1.78 bits per heavy atom. The summed E-state index contributed by atoms with van der Waals surface area (Å²) in [6.45, 7) is 14.2. The first-order valence-electron chi connectivity index (χ1n) is 10.3. The molecule has 0 spiro atoms. The first-order chi connectivity index (χ1) is 12.8. The number of hydrogen-bond donors (Lipinski definition) is 1. The molecule has 1 N–H and O–H groups in total. The number of piperazine rings is 1. The number of hydrogen-bond acceptors (Lipinski definition) is 4. The van der Waals surface area contributed by atoms with Gasteiger partial charge in [-0.25, -0.2) is 4.98 Å². The molecule has 1 aliphatic carbocycles. The molecular weight excluding hydrogens is 350 g/mol. The van der Waals surface area contributed by atoms with Crippen molar-refractivity contribution in [3.8, 4) is 10.6 Å². The lowest BCUT2D eigenvalue weighted by Crippen LogP contribution is -2.44. The van der Waals surface area contributed by atoms with Crippen LogP contribution in [-0.4, -0.2) is 31.2 Å². The van der Waals surface area contributed by atoms with Crippen LogP contribution < -0.4 is 10.2 Å². The second kappa shape index (κ2) is 7.21. The standard InChI is InChI=1S/C23H33N3S/c1-22(2)14-18(15-23(3,4)16-22)19-13-17(21-25-9-12-27-21)5-6-20(19)26-10-7-24-8-11-26/h5-6,9,12-13,18,24H,7-8,10-11,14-16H2,1-4H3. The highest BCUT2D eigenvalue weighted by Crippen LogP contribution is 2.53. The van der Waals surface area contributed by atoms with Crippen LogP contribution in [0.25, 0.3) is 10.6 Å². The summed E-state index contributed by atoms with van der Waals surface area (Å²) in [6.07, 6.45) is 5.77. The molecule has 1 aromatic carbocycles. The fraction of sp³-hybridized carbons (Fsp3) is 0.609. The minimum absolute atomic E-state index is 0.393. The number of nitrogens with one attached hydrogen (secondary N) is 1. The van der Waals surface area contributed by atoms with Crippen LogP contribution in [0.3, 0.4) is 0 Å². The molecule has 1 aromatic heterocycles. The molecule has 146 valence electrons. The number of aromatic nitrogens is 1. The van der Waals surface area contributed by atoms with Crippen molar-refractivity contribution < 1.29 is 0 Å². The molecule has 2 heterocycles. The Morgan fingerprint density at radius 1 is 1.07 bits per heavy atom. The van der Waals surface area contributed by atoms with E-state index in [0.29, 0.717) is 16.7 Å². The quantitative estimate of drug-likeness (QED) is 0.754. The largest absolute Gasteiger partial charge is 0.369 e. The summed E-state index contributed by atoms with van der Waals surface area (Å²) in [6, 6.07) is 7.10. The Bertz CT molecular complexity index is 757. The van der Waals surface area contributed by atoms with Crippen molar-refractivity contribution in [1.29, 1.82) is 0 Å². The van der Waals surface area contributed by atoms with Crippen molar-refractivity contribution in [1.82, 2.24) is 10.3 Å². The first-order valence-corrected chi connectivity index (χ1v) is 11.2. The van der Waals surface area contributed by atoms with Crippen LogP contribution in [0.1, 0.15) is 58.4 Å². The molecule has 1 aliphatic heterocycles. The van der Waals surface area contributed by atoms with Crippen LogP contribution in [-0.2, 0) is 0 Å². The molecule has 0 radical (unpaired) electrons. The van der Waals surface area contributed by atoms with E-state index in [1.54, 1.807) is 16.9 Å². The summed E-state index contributed by atoms with van der Waals surface area (Å²) >= 11 is 1.74. The average molecular weight is 384 g/mol. The Labute approximate surface area is 168 Å². The second-order valence-electron chi connectivity index (χ2n) is 9.96. The molecule has 0 bridgehead atoms. The highest BCUT2D eigenvalue weighted by Gasteiger charge is 2.40. The summed E-state index contributed by atoms with van der Waals surface area (Å²) in [5, 5.41) is 6.71. The second-order valence-corrected chi connectivity index (χ2v) is 10.9. The molecule has 2 aromatic rings. The van der Waals surface area contributed by atoms with Gasteiger partial charge in [0.25, 0.3) is 0 Å². The normalized spacial score (nSPS) is 22.7. The van der Waals surface area contributed by atoms with Gasteiger partial charge in [0.1, 0.15) is 5.01 Å². The predicted octanol–water partition coefficient (Wildman–Crippen LogP) is 5.54. The summed E-state index contributed by atoms with van der Waals surface area (Å²) < 4.78 is 0. The third-order valence-corrected chi connectivity index (χ3v) is 6.98. The highest BCUT2D eigenvalue weighted by atomic mass is 32.1. The van der Waals surface area contributed by atoms with Gasteiger partial charge >= 0.3 is 0 Å². The molecule has 0 atom stereocenters. The Hall–Kier alpha value is -1.39. The van der Waals surface area contributed by atoms with Gasteiger partial charge in [-0.15, -0.1) is 11.3 Å². The first kappa shape index (κ1) is 18.9. The predicted molar refractivity (Wildman–Crippen MR) is 117 cm³/mol. The van der Waals surface area contributed by atoms with Crippen LogP contribution in [0, 0.1) is 10.8 Å². The van der Waals surface area contributed by atoms with Crippen LogP contribution in [0.2, 0.25) is 0 Å². The minimum atomic E-state index is 0.393. The van der Waals surface area contributed by atoms with Gasteiger partial charge in [-0.2, -0.15) is 0 Å². The monoisotopic (exact) mass is 383 g/mol. The van der Waals surface area contributed by atoms with Gasteiger partial charge in [-0.1, -0.05) is 27.7 Å². The maximum Gasteiger partial charge on any atom is 0.123 e. The van der Waals surface area contributed by atoms with Crippen molar-refractivity contribution in [3.05, 3.63) is 35.3 Å². The van der Waals surface area contributed by atoms with E-state index in [1.165, 1.54) is 30.5 Å². The van der Waals surface area contributed by atoms with Crippen molar-refractivity contribution in [2.75, 3.05) is 31.1 Å². The smallest absolute Gasteiger partial charge is 0.123 e. The van der Waals surface area contributed by atoms with Crippen LogP contribution >= 0.6 is 11.3 Å². The number of benzene rings is 1. The van der Waals surface area contributed by atoms with E-state index in [0.717, 1.165) is 31.2 Å². The van der Waals surface area contributed by atoms with Crippen molar-refractivity contribution in [3.63, 3.8) is 0 Å². The van der Waals surface area contributed by atoms with Crippen LogP contribution in [0.15, 0.2) is 29.8 Å². The van der Waals surface area contributed by atoms with E-state index in [9.17, 15) is 0 Å². The molecule has 2 fully saturated rings. The van der Waals surface area contributed by atoms with Gasteiger partial charge in [0.15, 0.2) is 0 Å². The van der Waals surface area contributed by atoms with Crippen LogP contribution in [0.4, 0.5) is 5.69 Å². The van der Waals surface area contributed by atoms with Gasteiger partial charge in [0, 0.05) is 49.0 Å². The topological polar surface area (TPSA) is 28.2 Å². The third kappa shape index (κ3) is 4.22. The SMILES string of the molecule is CC1(C)CC(c2cc(-c3nccs3)ccc2N2CCNCC2)CC(C)(C)C1. The molecule has 0 amide bonds. The Balaban J connectivity index is 1.76. The van der Waals surface area contributed by atoms with E-state index in [-0.39, 0.29) is 0 Å². The van der Waals surface area contributed by atoms with E-state index >= 15 is 0 Å². The lowest BCUT2D eigenvalue weighted by Gasteiger charge is -2.46. The van der Waals surface area contributed by atoms with Crippen molar-refractivity contribution in [2.45, 2.75) is 52.9 Å². The van der Waals surface area contributed by atoms with Gasteiger partial charge < -0.3 is 10.2 Å². The summed E-state index contributed by atoms with van der Waals surface area (Å²) in [5.41, 5.74) is 5.06. The maximum absolute atomic E-state index is 4.57. The van der Waals surface area contributed by atoms with E-state index in [4.69, 9.17) is 0 Å². The van der Waals surface area contributed by atoms with Gasteiger partial charge in [-0.3, -0.25) is 0 Å². The summed E-state index contributed by atoms with van der Waals surface area (Å²) in [4.78, 5) is 7.16. The average Bonchev–Trinajstić information content (AvgIpc) is 3.14. The lowest BCUT2D eigenvalue weighted by atomic mass is 9.60.